The molecule has 0 bridgehead atoms. The van der Waals surface area contributed by atoms with E-state index in [1.807, 2.05) is 0 Å². The monoisotopic (exact) mass is 293 g/mol. The van der Waals surface area contributed by atoms with Gasteiger partial charge in [-0.1, -0.05) is 26.2 Å². The fraction of sp³-hybridized carbons (Fsp3) is 0.625. The Morgan fingerprint density at radius 1 is 1.33 bits per heavy atom. The second kappa shape index (κ2) is 7.38. The summed E-state index contributed by atoms with van der Waals surface area (Å²) in [6.45, 7) is 2.90. The SMILES string of the molecule is CCC1CCC(CNC(=O)c2cc(F)cnc2NC)CC1. The third kappa shape index (κ3) is 4.16. The number of anilines is 1. The molecule has 116 valence electrons. The van der Waals surface area contributed by atoms with Crippen LogP contribution in [0.1, 0.15) is 49.4 Å². The molecular formula is C16H24FN3O. The quantitative estimate of drug-likeness (QED) is 0.876. The number of nitrogens with one attached hydrogen (secondary N) is 2. The Hall–Kier alpha value is -1.65. The van der Waals surface area contributed by atoms with E-state index in [0.29, 0.717) is 18.3 Å². The van der Waals surface area contributed by atoms with Gasteiger partial charge in [0.05, 0.1) is 11.8 Å². The summed E-state index contributed by atoms with van der Waals surface area (Å²) in [7, 11) is 1.67. The fourth-order valence-electron chi connectivity index (χ4n) is 2.99. The molecule has 1 saturated carbocycles. The smallest absolute Gasteiger partial charge is 0.255 e. The van der Waals surface area contributed by atoms with E-state index in [1.165, 1.54) is 38.2 Å². The maximum Gasteiger partial charge on any atom is 0.255 e. The van der Waals surface area contributed by atoms with E-state index in [4.69, 9.17) is 0 Å². The van der Waals surface area contributed by atoms with Crippen LogP contribution in [0.2, 0.25) is 0 Å². The van der Waals surface area contributed by atoms with E-state index in [1.54, 1.807) is 7.05 Å². The van der Waals surface area contributed by atoms with Gasteiger partial charge in [0.1, 0.15) is 11.6 Å². The third-order valence-corrected chi connectivity index (χ3v) is 4.43. The average Bonchev–Trinajstić information content (AvgIpc) is 2.53. The number of hydrogen-bond donors (Lipinski definition) is 2. The summed E-state index contributed by atoms with van der Waals surface area (Å²) < 4.78 is 13.3. The molecule has 4 nitrogen and oxygen atoms in total. The van der Waals surface area contributed by atoms with E-state index >= 15 is 0 Å². The van der Waals surface area contributed by atoms with Gasteiger partial charge in [-0.2, -0.15) is 0 Å². The van der Waals surface area contributed by atoms with Gasteiger partial charge in [0.2, 0.25) is 0 Å². The second-order valence-electron chi connectivity index (χ2n) is 5.80. The van der Waals surface area contributed by atoms with Crippen molar-refractivity contribution in [2.24, 2.45) is 11.8 Å². The lowest BCUT2D eigenvalue weighted by Gasteiger charge is -2.27. The van der Waals surface area contributed by atoms with Crippen molar-refractivity contribution in [3.05, 3.63) is 23.6 Å². The van der Waals surface area contributed by atoms with E-state index in [9.17, 15) is 9.18 Å². The van der Waals surface area contributed by atoms with Crippen molar-refractivity contribution in [1.29, 1.82) is 0 Å². The number of rotatable bonds is 5. The molecule has 5 heteroatoms. The van der Waals surface area contributed by atoms with Crippen molar-refractivity contribution >= 4 is 11.7 Å². The maximum absolute atomic E-state index is 13.3. The highest BCUT2D eigenvalue weighted by Gasteiger charge is 2.21. The van der Waals surface area contributed by atoms with Gasteiger partial charge in [-0.05, 0) is 30.7 Å². The Labute approximate surface area is 125 Å². The summed E-state index contributed by atoms with van der Waals surface area (Å²) in [5, 5.41) is 5.73. The molecule has 1 aliphatic carbocycles. The van der Waals surface area contributed by atoms with Gasteiger partial charge in [0, 0.05) is 13.6 Å². The molecule has 0 atom stereocenters. The number of carbonyl (C=O) groups is 1. The van der Waals surface area contributed by atoms with Gasteiger partial charge >= 0.3 is 0 Å². The lowest BCUT2D eigenvalue weighted by molar-refractivity contribution is 0.0941. The number of hydrogen-bond acceptors (Lipinski definition) is 3. The molecule has 1 aliphatic rings. The van der Waals surface area contributed by atoms with Gasteiger partial charge in [-0.15, -0.1) is 0 Å². The molecule has 0 radical (unpaired) electrons. The van der Waals surface area contributed by atoms with E-state index < -0.39 is 5.82 Å². The first-order chi connectivity index (χ1) is 10.1. The summed E-state index contributed by atoms with van der Waals surface area (Å²) >= 11 is 0. The molecule has 1 aromatic rings. The van der Waals surface area contributed by atoms with Crippen LogP contribution in [0.3, 0.4) is 0 Å². The van der Waals surface area contributed by atoms with Crippen LogP contribution in [0.5, 0.6) is 0 Å². The van der Waals surface area contributed by atoms with E-state index in [-0.39, 0.29) is 11.5 Å². The van der Waals surface area contributed by atoms with Crippen molar-refractivity contribution in [3.63, 3.8) is 0 Å². The van der Waals surface area contributed by atoms with E-state index in [0.717, 1.165) is 12.1 Å². The molecular weight excluding hydrogens is 269 g/mol. The summed E-state index contributed by atoms with van der Waals surface area (Å²) in [4.78, 5) is 16.1. The predicted molar refractivity (Wildman–Crippen MR) is 81.8 cm³/mol. The van der Waals surface area contributed by atoms with Crippen molar-refractivity contribution in [2.75, 3.05) is 18.9 Å². The van der Waals surface area contributed by atoms with Gasteiger partial charge in [0.15, 0.2) is 0 Å². The molecule has 1 heterocycles. The predicted octanol–water partition coefficient (Wildman–Crippen LogP) is 3.21. The van der Waals surface area contributed by atoms with Crippen LogP contribution in [0.15, 0.2) is 12.3 Å². The standard InChI is InChI=1S/C16H24FN3O/c1-3-11-4-6-12(7-5-11)9-20-16(21)14-8-13(17)10-19-15(14)18-2/h8,10-12H,3-7,9H2,1-2H3,(H,18,19)(H,20,21). The zero-order valence-corrected chi connectivity index (χ0v) is 12.8. The molecule has 0 spiro atoms. The number of nitrogens with zero attached hydrogens (tertiary/aromatic N) is 1. The Morgan fingerprint density at radius 2 is 2.00 bits per heavy atom. The van der Waals surface area contributed by atoms with Crippen molar-refractivity contribution in [1.82, 2.24) is 10.3 Å². The summed E-state index contributed by atoms with van der Waals surface area (Å²) in [6.07, 6.45) is 7.19. The largest absolute Gasteiger partial charge is 0.372 e. The van der Waals surface area contributed by atoms with Gasteiger partial charge in [-0.25, -0.2) is 9.37 Å². The minimum absolute atomic E-state index is 0.260. The van der Waals surface area contributed by atoms with Crippen LogP contribution < -0.4 is 10.6 Å². The molecule has 2 N–H and O–H groups in total. The molecule has 0 saturated heterocycles. The van der Waals surface area contributed by atoms with Gasteiger partial charge < -0.3 is 10.6 Å². The van der Waals surface area contributed by atoms with Crippen molar-refractivity contribution < 1.29 is 9.18 Å². The first-order valence-electron chi connectivity index (χ1n) is 7.75. The Bertz CT molecular complexity index is 484. The zero-order chi connectivity index (χ0) is 15.2. The Balaban J connectivity index is 1.89. The first kappa shape index (κ1) is 15.7. The summed E-state index contributed by atoms with van der Waals surface area (Å²) in [5.74, 6) is 1.03. The lowest BCUT2D eigenvalue weighted by Crippen LogP contribution is -2.31. The third-order valence-electron chi connectivity index (χ3n) is 4.43. The minimum atomic E-state index is -0.498. The number of carbonyl (C=O) groups excluding carboxylic acids is 1. The average molecular weight is 293 g/mol. The van der Waals surface area contributed by atoms with Crippen LogP contribution in [-0.2, 0) is 0 Å². The Morgan fingerprint density at radius 3 is 2.62 bits per heavy atom. The molecule has 0 unspecified atom stereocenters. The highest BCUT2D eigenvalue weighted by atomic mass is 19.1. The van der Waals surface area contributed by atoms with Crippen molar-refractivity contribution in [2.45, 2.75) is 39.0 Å². The molecule has 21 heavy (non-hydrogen) atoms. The summed E-state index contributed by atoms with van der Waals surface area (Å²) in [6, 6.07) is 1.22. The lowest BCUT2D eigenvalue weighted by atomic mass is 9.81. The molecule has 0 aromatic carbocycles. The summed E-state index contributed by atoms with van der Waals surface area (Å²) in [5.41, 5.74) is 0.264. The zero-order valence-electron chi connectivity index (χ0n) is 12.8. The molecule has 1 aromatic heterocycles. The number of aromatic nitrogens is 1. The van der Waals surface area contributed by atoms with Crippen LogP contribution in [-0.4, -0.2) is 24.5 Å². The highest BCUT2D eigenvalue weighted by molar-refractivity contribution is 5.98. The van der Waals surface area contributed by atoms with Crippen LogP contribution >= 0.6 is 0 Å². The number of pyridine rings is 1. The Kier molecular flexibility index (Phi) is 5.53. The molecule has 0 aliphatic heterocycles. The highest BCUT2D eigenvalue weighted by Crippen LogP contribution is 2.30. The molecule has 1 amide bonds. The first-order valence-corrected chi connectivity index (χ1v) is 7.75. The topological polar surface area (TPSA) is 54.0 Å². The van der Waals surface area contributed by atoms with E-state index in [2.05, 4.69) is 22.5 Å². The van der Waals surface area contributed by atoms with Crippen LogP contribution in [0, 0.1) is 17.7 Å². The molecule has 1 fully saturated rings. The molecule has 2 rings (SSSR count). The maximum atomic E-state index is 13.3. The van der Waals surface area contributed by atoms with Crippen LogP contribution in [0.25, 0.3) is 0 Å². The van der Waals surface area contributed by atoms with Gasteiger partial charge in [-0.3, -0.25) is 4.79 Å². The van der Waals surface area contributed by atoms with Gasteiger partial charge in [0.25, 0.3) is 5.91 Å². The van der Waals surface area contributed by atoms with Crippen molar-refractivity contribution in [3.8, 4) is 0 Å². The number of amides is 1. The number of halogens is 1. The fourth-order valence-corrected chi connectivity index (χ4v) is 2.99. The van der Waals surface area contributed by atoms with Crippen LogP contribution in [0.4, 0.5) is 10.2 Å². The minimum Gasteiger partial charge on any atom is -0.372 e. The second-order valence-corrected chi connectivity index (χ2v) is 5.80. The normalized spacial score (nSPS) is 21.9.